The van der Waals surface area contributed by atoms with Crippen molar-refractivity contribution in [2.24, 2.45) is 5.73 Å². The topological polar surface area (TPSA) is 101 Å². The monoisotopic (exact) mass is 399 g/mol. The van der Waals surface area contributed by atoms with Crippen LogP contribution in [0.4, 0.5) is 11.6 Å². The van der Waals surface area contributed by atoms with Crippen LogP contribution in [0.5, 0.6) is 0 Å². The second kappa shape index (κ2) is 7.17. The third kappa shape index (κ3) is 3.96. The highest BCUT2D eigenvalue weighted by atomic mass is 35.5. The zero-order valence-electron chi connectivity index (χ0n) is 13.6. The first-order chi connectivity index (χ1) is 11.8. The fourth-order valence-corrected chi connectivity index (χ4v) is 3.82. The number of β-amino-alcohol motifs (C(OH)–C–C–N with tert-alkyl or cyclic N) is 1. The van der Waals surface area contributed by atoms with Gasteiger partial charge in [-0.25, -0.2) is 9.97 Å². The molecule has 0 saturated carbocycles. The summed E-state index contributed by atoms with van der Waals surface area (Å²) < 4.78 is 0. The summed E-state index contributed by atoms with van der Waals surface area (Å²) in [5, 5.41) is 11.6. The average molecular weight is 400 g/mol. The van der Waals surface area contributed by atoms with Gasteiger partial charge in [0.2, 0.25) is 0 Å². The standard InChI is InChI=1S/C16H19Cl2N5OS/c1-16(20)5-6-23(8-11(16)24)12-7-21-15(14(19)22-12)25-10-4-2-3-9(17)13(10)18/h2-4,7,11,24H,5-6,8,20H2,1H3,(H2,19,22). The number of piperidine rings is 1. The van der Waals surface area contributed by atoms with Crippen molar-refractivity contribution in [1.29, 1.82) is 0 Å². The Balaban J connectivity index is 1.79. The van der Waals surface area contributed by atoms with Crippen LogP contribution in [0.15, 0.2) is 34.3 Å². The van der Waals surface area contributed by atoms with Gasteiger partial charge >= 0.3 is 0 Å². The minimum Gasteiger partial charge on any atom is -0.389 e. The van der Waals surface area contributed by atoms with E-state index in [4.69, 9.17) is 34.7 Å². The third-order valence-corrected chi connectivity index (χ3v) is 6.27. The minimum absolute atomic E-state index is 0.300. The van der Waals surface area contributed by atoms with Gasteiger partial charge in [0.05, 0.1) is 22.3 Å². The predicted molar refractivity (Wildman–Crippen MR) is 102 cm³/mol. The molecule has 1 aromatic heterocycles. The maximum Gasteiger partial charge on any atom is 0.158 e. The van der Waals surface area contributed by atoms with Crippen molar-refractivity contribution in [3.05, 3.63) is 34.4 Å². The molecule has 0 radical (unpaired) electrons. The van der Waals surface area contributed by atoms with E-state index < -0.39 is 11.6 Å². The van der Waals surface area contributed by atoms with Crippen molar-refractivity contribution >= 4 is 46.6 Å². The lowest BCUT2D eigenvalue weighted by Gasteiger charge is -2.41. The first-order valence-electron chi connectivity index (χ1n) is 7.74. The second-order valence-electron chi connectivity index (χ2n) is 6.29. The lowest BCUT2D eigenvalue weighted by Crippen LogP contribution is -2.59. The number of rotatable bonds is 3. The Bertz CT molecular complexity index is 789. The number of benzene rings is 1. The van der Waals surface area contributed by atoms with E-state index in [0.29, 0.717) is 46.2 Å². The zero-order valence-corrected chi connectivity index (χ0v) is 15.9. The van der Waals surface area contributed by atoms with Gasteiger partial charge < -0.3 is 21.5 Å². The van der Waals surface area contributed by atoms with E-state index in [0.717, 1.165) is 4.90 Å². The molecule has 9 heteroatoms. The Morgan fingerprint density at radius 1 is 1.40 bits per heavy atom. The Morgan fingerprint density at radius 2 is 2.16 bits per heavy atom. The number of hydrogen-bond donors (Lipinski definition) is 3. The highest BCUT2D eigenvalue weighted by Crippen LogP contribution is 2.38. The molecule has 2 unspecified atom stereocenters. The molecule has 1 fully saturated rings. The largest absolute Gasteiger partial charge is 0.389 e. The van der Waals surface area contributed by atoms with Gasteiger partial charge in [-0.05, 0) is 25.5 Å². The van der Waals surface area contributed by atoms with Crippen LogP contribution in [-0.2, 0) is 0 Å². The lowest BCUT2D eigenvalue weighted by atomic mass is 9.88. The number of aliphatic hydroxyl groups is 1. The van der Waals surface area contributed by atoms with E-state index in [-0.39, 0.29) is 0 Å². The Kier molecular flexibility index (Phi) is 5.31. The van der Waals surface area contributed by atoms with Gasteiger partial charge in [0.25, 0.3) is 0 Å². The summed E-state index contributed by atoms with van der Waals surface area (Å²) in [4.78, 5) is 11.5. The summed E-state index contributed by atoms with van der Waals surface area (Å²) in [6.45, 7) is 2.93. The molecule has 2 aromatic rings. The first-order valence-corrected chi connectivity index (χ1v) is 9.31. The highest BCUT2D eigenvalue weighted by Gasteiger charge is 2.35. The van der Waals surface area contributed by atoms with Crippen molar-refractivity contribution in [2.45, 2.75) is 34.9 Å². The molecule has 134 valence electrons. The molecule has 25 heavy (non-hydrogen) atoms. The molecule has 1 aromatic carbocycles. The molecule has 1 saturated heterocycles. The van der Waals surface area contributed by atoms with Gasteiger partial charge in [-0.1, -0.05) is 41.0 Å². The van der Waals surface area contributed by atoms with E-state index in [9.17, 15) is 5.11 Å². The van der Waals surface area contributed by atoms with Gasteiger partial charge in [-0.3, -0.25) is 0 Å². The normalized spacial score (nSPS) is 23.7. The van der Waals surface area contributed by atoms with Crippen molar-refractivity contribution < 1.29 is 5.11 Å². The molecule has 2 atom stereocenters. The molecule has 0 bridgehead atoms. The van der Waals surface area contributed by atoms with Crippen LogP contribution in [0.3, 0.4) is 0 Å². The molecule has 1 aliphatic heterocycles. The van der Waals surface area contributed by atoms with E-state index in [2.05, 4.69) is 9.97 Å². The van der Waals surface area contributed by atoms with E-state index in [1.54, 1.807) is 12.3 Å². The van der Waals surface area contributed by atoms with Gasteiger partial charge in [-0.15, -0.1) is 0 Å². The fraction of sp³-hybridized carbons (Fsp3) is 0.375. The van der Waals surface area contributed by atoms with Crippen LogP contribution in [0.1, 0.15) is 13.3 Å². The van der Waals surface area contributed by atoms with E-state index >= 15 is 0 Å². The van der Waals surface area contributed by atoms with Crippen molar-refractivity contribution in [1.82, 2.24) is 9.97 Å². The Hall–Kier alpha value is -1.25. The lowest BCUT2D eigenvalue weighted by molar-refractivity contribution is 0.0792. The molecule has 1 aliphatic rings. The van der Waals surface area contributed by atoms with Crippen molar-refractivity contribution in [2.75, 3.05) is 23.7 Å². The van der Waals surface area contributed by atoms with Gasteiger partial charge in [-0.2, -0.15) is 0 Å². The fourth-order valence-electron chi connectivity index (χ4n) is 2.54. The predicted octanol–water partition coefficient (Wildman–Crippen LogP) is 2.81. The van der Waals surface area contributed by atoms with Gasteiger partial charge in [0.15, 0.2) is 5.82 Å². The summed E-state index contributed by atoms with van der Waals surface area (Å²) in [5.41, 5.74) is 11.5. The van der Waals surface area contributed by atoms with Crippen molar-refractivity contribution in [3.63, 3.8) is 0 Å². The van der Waals surface area contributed by atoms with E-state index in [1.165, 1.54) is 11.8 Å². The number of aliphatic hydroxyl groups excluding tert-OH is 1. The maximum absolute atomic E-state index is 10.2. The minimum atomic E-state index is -0.636. The first kappa shape index (κ1) is 18.5. The molecule has 5 N–H and O–H groups in total. The molecule has 6 nitrogen and oxygen atoms in total. The Morgan fingerprint density at radius 3 is 2.84 bits per heavy atom. The molecule has 0 spiro atoms. The summed E-state index contributed by atoms with van der Waals surface area (Å²) in [7, 11) is 0. The summed E-state index contributed by atoms with van der Waals surface area (Å²) in [5.74, 6) is 0.919. The quantitative estimate of drug-likeness (QED) is 0.728. The van der Waals surface area contributed by atoms with Gasteiger partial charge in [0.1, 0.15) is 10.8 Å². The molecular weight excluding hydrogens is 381 g/mol. The van der Waals surface area contributed by atoms with Crippen LogP contribution in [0.2, 0.25) is 10.0 Å². The second-order valence-corrected chi connectivity index (χ2v) is 8.11. The molecule has 0 amide bonds. The average Bonchev–Trinajstić information content (AvgIpc) is 2.56. The molecule has 2 heterocycles. The number of hydrogen-bond acceptors (Lipinski definition) is 7. The van der Waals surface area contributed by atoms with Crippen LogP contribution in [0, 0.1) is 0 Å². The number of halogens is 2. The van der Waals surface area contributed by atoms with E-state index in [1.807, 2.05) is 24.0 Å². The summed E-state index contributed by atoms with van der Waals surface area (Å²) >= 11 is 13.5. The number of nitrogens with two attached hydrogens (primary N) is 2. The summed E-state index contributed by atoms with van der Waals surface area (Å²) in [6, 6.07) is 5.38. The third-order valence-electron chi connectivity index (χ3n) is 4.27. The smallest absolute Gasteiger partial charge is 0.158 e. The number of nitrogens with zero attached hydrogens (tertiary/aromatic N) is 3. The SMILES string of the molecule is CC1(N)CCN(c2cnc(Sc3cccc(Cl)c3Cl)c(N)n2)CC1O. The molecule has 0 aliphatic carbocycles. The number of nitrogen functional groups attached to an aromatic ring is 1. The molecule has 3 rings (SSSR count). The number of anilines is 2. The van der Waals surface area contributed by atoms with Crippen LogP contribution >= 0.6 is 35.0 Å². The van der Waals surface area contributed by atoms with Crippen LogP contribution in [-0.4, -0.2) is 39.8 Å². The molecular formula is C16H19Cl2N5OS. The Labute approximate surface area is 160 Å². The van der Waals surface area contributed by atoms with Gasteiger partial charge in [0, 0.05) is 23.5 Å². The highest BCUT2D eigenvalue weighted by molar-refractivity contribution is 7.99. The number of aromatic nitrogens is 2. The van der Waals surface area contributed by atoms with Crippen molar-refractivity contribution in [3.8, 4) is 0 Å². The zero-order chi connectivity index (χ0) is 18.2. The van der Waals surface area contributed by atoms with Crippen LogP contribution in [0.25, 0.3) is 0 Å². The summed E-state index contributed by atoms with van der Waals surface area (Å²) in [6.07, 6.45) is 1.66. The maximum atomic E-state index is 10.2. The van der Waals surface area contributed by atoms with Crippen LogP contribution < -0.4 is 16.4 Å².